The Morgan fingerprint density at radius 2 is 2.06 bits per heavy atom. The fourth-order valence-corrected chi connectivity index (χ4v) is 5.11. The van der Waals surface area contributed by atoms with Gasteiger partial charge in [0.2, 0.25) is 5.91 Å². The number of hydrogen-bond donors (Lipinski definition) is 1. The molecule has 0 spiro atoms. The maximum absolute atomic E-state index is 12.7. The van der Waals surface area contributed by atoms with Gasteiger partial charge in [-0.1, -0.05) is 25.1 Å². The van der Waals surface area contributed by atoms with E-state index in [1.54, 1.807) is 23.7 Å². The number of para-hydroxylation sites is 1. The minimum atomic E-state index is -0.0969. The predicted molar refractivity (Wildman–Crippen MR) is 125 cm³/mol. The molecule has 1 fully saturated rings. The first kappa shape index (κ1) is 21.7. The Hall–Kier alpha value is -2.51. The van der Waals surface area contributed by atoms with E-state index in [1.807, 2.05) is 19.1 Å². The molecule has 7 heteroatoms. The lowest BCUT2D eigenvalue weighted by Gasteiger charge is -2.36. The van der Waals surface area contributed by atoms with Crippen molar-refractivity contribution < 1.29 is 4.79 Å². The molecule has 0 bridgehead atoms. The van der Waals surface area contributed by atoms with E-state index in [-0.39, 0.29) is 23.9 Å². The number of likely N-dealkylation sites (tertiary alicyclic amines) is 1. The van der Waals surface area contributed by atoms with E-state index in [1.165, 1.54) is 22.3 Å². The molecule has 0 saturated carbocycles. The SMILES string of the molecule is Cc1cccc2c(=O)n(CCC(=O)NC[C@H](c3cccs3)N3CCC(C)CC3)cnc12. The number of aromatic nitrogens is 2. The summed E-state index contributed by atoms with van der Waals surface area (Å²) in [5.74, 6) is 0.732. The summed E-state index contributed by atoms with van der Waals surface area (Å²) in [5.41, 5.74) is 1.61. The van der Waals surface area contributed by atoms with Crippen LogP contribution in [0.4, 0.5) is 0 Å². The number of fused-ring (bicyclic) bond motifs is 1. The number of thiophene rings is 1. The Labute approximate surface area is 186 Å². The highest BCUT2D eigenvalue weighted by molar-refractivity contribution is 7.10. The fourth-order valence-electron chi connectivity index (χ4n) is 4.25. The van der Waals surface area contributed by atoms with Crippen LogP contribution in [-0.2, 0) is 11.3 Å². The van der Waals surface area contributed by atoms with Crippen LogP contribution in [0, 0.1) is 12.8 Å². The monoisotopic (exact) mass is 438 g/mol. The van der Waals surface area contributed by atoms with E-state index >= 15 is 0 Å². The molecule has 1 aliphatic heterocycles. The Bertz CT molecular complexity index is 1080. The summed E-state index contributed by atoms with van der Waals surface area (Å²) in [6.45, 7) is 7.31. The normalized spacial score (nSPS) is 16.5. The number of hydrogen-bond acceptors (Lipinski definition) is 5. The second-order valence-electron chi connectivity index (χ2n) is 8.52. The maximum Gasteiger partial charge on any atom is 0.261 e. The third kappa shape index (κ3) is 5.05. The molecule has 1 aromatic carbocycles. The zero-order valence-electron chi connectivity index (χ0n) is 18.2. The Morgan fingerprint density at radius 1 is 1.26 bits per heavy atom. The lowest BCUT2D eigenvalue weighted by Crippen LogP contribution is -2.41. The topological polar surface area (TPSA) is 67.2 Å². The molecule has 0 aliphatic carbocycles. The number of nitrogens with zero attached hydrogens (tertiary/aromatic N) is 3. The number of benzene rings is 1. The molecule has 31 heavy (non-hydrogen) atoms. The second-order valence-corrected chi connectivity index (χ2v) is 9.50. The number of rotatable bonds is 7. The molecule has 0 radical (unpaired) electrons. The Morgan fingerprint density at radius 3 is 2.81 bits per heavy atom. The highest BCUT2D eigenvalue weighted by atomic mass is 32.1. The van der Waals surface area contributed by atoms with Gasteiger partial charge in [0, 0.05) is 24.4 Å². The second kappa shape index (κ2) is 9.75. The summed E-state index contributed by atoms with van der Waals surface area (Å²) in [6.07, 6.45) is 4.21. The van der Waals surface area contributed by atoms with Gasteiger partial charge in [0.15, 0.2) is 0 Å². The van der Waals surface area contributed by atoms with E-state index in [9.17, 15) is 9.59 Å². The van der Waals surface area contributed by atoms with Crippen LogP contribution in [0.5, 0.6) is 0 Å². The van der Waals surface area contributed by atoms with Gasteiger partial charge in [-0.05, 0) is 61.8 Å². The average Bonchev–Trinajstić information content (AvgIpc) is 3.30. The van der Waals surface area contributed by atoms with Crippen LogP contribution in [0.1, 0.15) is 42.7 Å². The molecule has 2 aromatic heterocycles. The molecule has 3 aromatic rings. The summed E-state index contributed by atoms with van der Waals surface area (Å²) in [4.78, 5) is 33.5. The van der Waals surface area contributed by atoms with E-state index in [0.29, 0.717) is 18.5 Å². The number of amides is 1. The third-order valence-corrected chi connectivity index (χ3v) is 7.23. The van der Waals surface area contributed by atoms with Gasteiger partial charge in [-0.3, -0.25) is 19.1 Å². The van der Waals surface area contributed by atoms with Gasteiger partial charge in [-0.25, -0.2) is 4.98 Å². The molecule has 1 aliphatic rings. The van der Waals surface area contributed by atoms with Crippen LogP contribution in [0.15, 0.2) is 46.8 Å². The van der Waals surface area contributed by atoms with Crippen molar-refractivity contribution in [2.45, 2.75) is 45.7 Å². The van der Waals surface area contributed by atoms with Crippen molar-refractivity contribution in [3.05, 3.63) is 62.8 Å². The quantitative estimate of drug-likeness (QED) is 0.610. The molecule has 1 atom stereocenters. The first-order chi connectivity index (χ1) is 15.0. The molecular formula is C24H30N4O2S. The molecule has 3 heterocycles. The van der Waals surface area contributed by atoms with Crippen molar-refractivity contribution in [3.8, 4) is 0 Å². The maximum atomic E-state index is 12.7. The molecular weight excluding hydrogens is 408 g/mol. The number of aryl methyl sites for hydroxylation is 2. The fraction of sp³-hybridized carbons (Fsp3) is 0.458. The first-order valence-electron chi connectivity index (χ1n) is 11.0. The van der Waals surface area contributed by atoms with Crippen molar-refractivity contribution in [2.24, 2.45) is 5.92 Å². The molecule has 6 nitrogen and oxygen atoms in total. The van der Waals surface area contributed by atoms with Crippen molar-refractivity contribution in [2.75, 3.05) is 19.6 Å². The van der Waals surface area contributed by atoms with Gasteiger partial charge in [-0.15, -0.1) is 11.3 Å². The molecule has 0 unspecified atom stereocenters. The van der Waals surface area contributed by atoms with Gasteiger partial charge in [0.05, 0.1) is 23.3 Å². The van der Waals surface area contributed by atoms with Gasteiger partial charge in [0.25, 0.3) is 5.56 Å². The molecule has 1 amide bonds. The zero-order chi connectivity index (χ0) is 21.8. The summed E-state index contributed by atoms with van der Waals surface area (Å²) < 4.78 is 1.53. The molecule has 1 N–H and O–H groups in total. The van der Waals surface area contributed by atoms with Crippen molar-refractivity contribution in [3.63, 3.8) is 0 Å². The van der Waals surface area contributed by atoms with Crippen LogP contribution in [0.2, 0.25) is 0 Å². The first-order valence-corrected chi connectivity index (χ1v) is 11.9. The summed E-state index contributed by atoms with van der Waals surface area (Å²) in [6, 6.07) is 10.0. The number of carbonyl (C=O) groups is 1. The minimum Gasteiger partial charge on any atom is -0.354 e. The van der Waals surface area contributed by atoms with Crippen LogP contribution in [0.3, 0.4) is 0 Å². The van der Waals surface area contributed by atoms with Gasteiger partial charge in [0.1, 0.15) is 0 Å². The average molecular weight is 439 g/mol. The zero-order valence-corrected chi connectivity index (χ0v) is 19.0. The van der Waals surface area contributed by atoms with Crippen LogP contribution < -0.4 is 10.9 Å². The van der Waals surface area contributed by atoms with Crippen molar-refractivity contribution >= 4 is 28.1 Å². The molecule has 1 saturated heterocycles. The predicted octanol–water partition coefficient (Wildman–Crippen LogP) is 3.75. The van der Waals surface area contributed by atoms with Crippen molar-refractivity contribution in [1.29, 1.82) is 0 Å². The van der Waals surface area contributed by atoms with Crippen LogP contribution in [0.25, 0.3) is 10.9 Å². The van der Waals surface area contributed by atoms with Gasteiger partial charge >= 0.3 is 0 Å². The highest BCUT2D eigenvalue weighted by Crippen LogP contribution is 2.29. The smallest absolute Gasteiger partial charge is 0.261 e. The molecule has 164 valence electrons. The van der Waals surface area contributed by atoms with E-state index in [2.05, 4.69) is 39.6 Å². The molecule has 4 rings (SSSR count). The Kier molecular flexibility index (Phi) is 6.83. The Balaban J connectivity index is 1.37. The van der Waals surface area contributed by atoms with E-state index in [0.717, 1.165) is 30.1 Å². The van der Waals surface area contributed by atoms with E-state index in [4.69, 9.17) is 0 Å². The van der Waals surface area contributed by atoms with Gasteiger partial charge in [-0.2, -0.15) is 0 Å². The van der Waals surface area contributed by atoms with Crippen LogP contribution >= 0.6 is 11.3 Å². The standard InChI is InChI=1S/C24H30N4O2S/c1-17-8-11-27(12-9-17)20(21-7-4-14-31-21)15-25-22(29)10-13-28-16-26-23-18(2)5-3-6-19(23)24(28)30/h3-7,14,16-17,20H,8-13,15H2,1-2H3,(H,25,29)/t20-/m1/s1. The summed E-state index contributed by atoms with van der Waals surface area (Å²) in [7, 11) is 0. The number of piperidine rings is 1. The summed E-state index contributed by atoms with van der Waals surface area (Å²) in [5, 5.41) is 5.80. The highest BCUT2D eigenvalue weighted by Gasteiger charge is 2.25. The minimum absolute atomic E-state index is 0.0387. The van der Waals surface area contributed by atoms with Crippen LogP contribution in [-0.4, -0.2) is 40.0 Å². The lowest BCUT2D eigenvalue weighted by molar-refractivity contribution is -0.121. The van der Waals surface area contributed by atoms with Gasteiger partial charge < -0.3 is 5.32 Å². The summed E-state index contributed by atoms with van der Waals surface area (Å²) >= 11 is 1.74. The van der Waals surface area contributed by atoms with E-state index < -0.39 is 0 Å². The van der Waals surface area contributed by atoms with Crippen molar-refractivity contribution in [1.82, 2.24) is 19.8 Å². The third-order valence-electron chi connectivity index (χ3n) is 6.26. The number of nitrogens with one attached hydrogen (secondary N) is 1. The largest absolute Gasteiger partial charge is 0.354 e. The number of carbonyl (C=O) groups excluding carboxylic acids is 1. The lowest BCUT2D eigenvalue weighted by atomic mass is 9.97.